The van der Waals surface area contributed by atoms with Crippen LogP contribution in [0.5, 0.6) is 0 Å². The van der Waals surface area contributed by atoms with Crippen LogP contribution in [-0.2, 0) is 6.18 Å². The van der Waals surface area contributed by atoms with Crippen LogP contribution in [0.25, 0.3) is 0 Å². The molecule has 0 amide bonds. The van der Waals surface area contributed by atoms with Crippen LogP contribution >= 0.6 is 0 Å². The van der Waals surface area contributed by atoms with Crippen molar-refractivity contribution in [2.45, 2.75) is 31.5 Å². The Morgan fingerprint density at radius 2 is 2.00 bits per heavy atom. The third kappa shape index (κ3) is 2.37. The van der Waals surface area contributed by atoms with Crippen molar-refractivity contribution in [2.24, 2.45) is 0 Å². The lowest BCUT2D eigenvalue weighted by atomic mass is 9.93. The van der Waals surface area contributed by atoms with Crippen LogP contribution in [0, 0.1) is 0 Å². The predicted octanol–water partition coefficient (Wildman–Crippen LogP) is 2.65. The Balaban J connectivity index is 2.21. The lowest BCUT2D eigenvalue weighted by Crippen LogP contribution is -2.27. The maximum atomic E-state index is 12.5. The Labute approximate surface area is 90.9 Å². The number of nitrogens with one attached hydrogen (secondary N) is 1. The first-order chi connectivity index (χ1) is 7.45. The molecule has 0 aromatic carbocycles. The molecule has 1 saturated carbocycles. The summed E-state index contributed by atoms with van der Waals surface area (Å²) in [5, 5.41) is 2.94. The van der Waals surface area contributed by atoms with Gasteiger partial charge in [-0.3, -0.25) is 0 Å². The standard InChI is InChI=1S/C10H12F3N3/c11-10(12,13)6-4-8(14)16-9(5-6)15-7-2-1-3-7/h4-5,7H,1-3H2,(H3,14,15,16). The maximum Gasteiger partial charge on any atom is 0.416 e. The second-order valence-corrected chi connectivity index (χ2v) is 3.94. The van der Waals surface area contributed by atoms with Gasteiger partial charge in [0.2, 0.25) is 0 Å². The summed E-state index contributed by atoms with van der Waals surface area (Å²) in [4.78, 5) is 3.84. The lowest BCUT2D eigenvalue weighted by molar-refractivity contribution is -0.137. The topological polar surface area (TPSA) is 50.9 Å². The van der Waals surface area contributed by atoms with E-state index >= 15 is 0 Å². The first-order valence-electron chi connectivity index (χ1n) is 5.06. The van der Waals surface area contributed by atoms with E-state index in [-0.39, 0.29) is 17.7 Å². The third-order valence-electron chi connectivity index (χ3n) is 2.63. The SMILES string of the molecule is Nc1cc(C(F)(F)F)cc(NC2CCC2)n1. The molecule has 2 rings (SSSR count). The molecule has 1 aliphatic rings. The largest absolute Gasteiger partial charge is 0.416 e. The third-order valence-corrected chi connectivity index (χ3v) is 2.63. The van der Waals surface area contributed by atoms with Gasteiger partial charge < -0.3 is 11.1 Å². The summed E-state index contributed by atoms with van der Waals surface area (Å²) in [6.45, 7) is 0. The zero-order valence-electron chi connectivity index (χ0n) is 8.51. The monoisotopic (exact) mass is 231 g/mol. The minimum Gasteiger partial charge on any atom is -0.384 e. The molecule has 0 atom stereocenters. The number of anilines is 2. The number of aromatic nitrogens is 1. The molecular weight excluding hydrogens is 219 g/mol. The molecule has 0 aliphatic heterocycles. The maximum absolute atomic E-state index is 12.5. The number of rotatable bonds is 2. The number of nitrogens with two attached hydrogens (primary N) is 1. The van der Waals surface area contributed by atoms with Gasteiger partial charge in [-0.2, -0.15) is 13.2 Å². The number of halogens is 3. The number of hydrogen-bond acceptors (Lipinski definition) is 3. The van der Waals surface area contributed by atoms with Gasteiger partial charge >= 0.3 is 6.18 Å². The summed E-state index contributed by atoms with van der Waals surface area (Å²) in [6.07, 6.45) is -1.34. The second kappa shape index (κ2) is 3.84. The van der Waals surface area contributed by atoms with Crippen molar-refractivity contribution in [2.75, 3.05) is 11.1 Å². The Morgan fingerprint density at radius 3 is 2.50 bits per heavy atom. The van der Waals surface area contributed by atoms with E-state index in [1.807, 2.05) is 0 Å². The summed E-state index contributed by atoms with van der Waals surface area (Å²) in [7, 11) is 0. The average Bonchev–Trinajstić information content (AvgIpc) is 2.09. The normalized spacial score (nSPS) is 16.9. The molecular formula is C10H12F3N3. The van der Waals surface area contributed by atoms with E-state index in [1.165, 1.54) is 0 Å². The zero-order valence-corrected chi connectivity index (χ0v) is 8.51. The summed E-state index contributed by atoms with van der Waals surface area (Å²) < 4.78 is 37.4. The summed E-state index contributed by atoms with van der Waals surface area (Å²) >= 11 is 0. The van der Waals surface area contributed by atoms with Gasteiger partial charge in [-0.25, -0.2) is 4.98 Å². The fourth-order valence-corrected chi connectivity index (χ4v) is 1.55. The molecule has 1 heterocycles. The van der Waals surface area contributed by atoms with Crippen molar-refractivity contribution in [3.8, 4) is 0 Å². The van der Waals surface area contributed by atoms with Gasteiger partial charge in [0, 0.05) is 6.04 Å². The van der Waals surface area contributed by atoms with Crippen LogP contribution in [0.4, 0.5) is 24.8 Å². The van der Waals surface area contributed by atoms with Gasteiger partial charge in [0.05, 0.1) is 5.56 Å². The van der Waals surface area contributed by atoms with Gasteiger partial charge in [0.25, 0.3) is 0 Å². The van der Waals surface area contributed by atoms with Crippen LogP contribution in [0.15, 0.2) is 12.1 Å². The lowest BCUT2D eigenvalue weighted by Gasteiger charge is -2.27. The molecule has 0 radical (unpaired) electrons. The van der Waals surface area contributed by atoms with Gasteiger partial charge in [-0.1, -0.05) is 0 Å². The van der Waals surface area contributed by atoms with Crippen LogP contribution in [0.3, 0.4) is 0 Å². The van der Waals surface area contributed by atoms with E-state index in [1.54, 1.807) is 0 Å². The van der Waals surface area contributed by atoms with Crippen molar-refractivity contribution in [3.05, 3.63) is 17.7 Å². The second-order valence-electron chi connectivity index (χ2n) is 3.94. The molecule has 1 aromatic rings. The number of pyridine rings is 1. The van der Waals surface area contributed by atoms with Gasteiger partial charge in [-0.05, 0) is 31.4 Å². The highest BCUT2D eigenvalue weighted by atomic mass is 19.4. The molecule has 3 N–H and O–H groups in total. The van der Waals surface area contributed by atoms with Crippen LogP contribution < -0.4 is 11.1 Å². The molecule has 0 bridgehead atoms. The number of nitrogens with zero attached hydrogens (tertiary/aromatic N) is 1. The smallest absolute Gasteiger partial charge is 0.384 e. The van der Waals surface area contributed by atoms with Crippen LogP contribution in [-0.4, -0.2) is 11.0 Å². The Bertz CT molecular complexity index is 385. The Kier molecular flexibility index (Phi) is 2.65. The fourth-order valence-electron chi connectivity index (χ4n) is 1.55. The van der Waals surface area contributed by atoms with Gasteiger partial charge in [0.1, 0.15) is 11.6 Å². The average molecular weight is 231 g/mol. The van der Waals surface area contributed by atoms with Crippen LogP contribution in [0.2, 0.25) is 0 Å². The number of nitrogen functional groups attached to an aromatic ring is 1. The van der Waals surface area contributed by atoms with Crippen molar-refractivity contribution >= 4 is 11.6 Å². The molecule has 6 heteroatoms. The fraction of sp³-hybridized carbons (Fsp3) is 0.500. The van der Waals surface area contributed by atoms with Crippen molar-refractivity contribution in [1.29, 1.82) is 0 Å². The quantitative estimate of drug-likeness (QED) is 0.822. The molecule has 0 spiro atoms. The van der Waals surface area contributed by atoms with E-state index in [9.17, 15) is 13.2 Å². The van der Waals surface area contributed by atoms with E-state index < -0.39 is 11.7 Å². The molecule has 0 unspecified atom stereocenters. The van der Waals surface area contributed by atoms with E-state index in [4.69, 9.17) is 5.73 Å². The molecule has 1 fully saturated rings. The van der Waals surface area contributed by atoms with E-state index in [0.717, 1.165) is 31.4 Å². The minimum absolute atomic E-state index is 0.114. The molecule has 16 heavy (non-hydrogen) atoms. The number of hydrogen-bond donors (Lipinski definition) is 2. The van der Waals surface area contributed by atoms with E-state index in [2.05, 4.69) is 10.3 Å². The highest BCUT2D eigenvalue weighted by Gasteiger charge is 2.31. The summed E-state index contributed by atoms with van der Waals surface area (Å²) in [6, 6.07) is 2.07. The molecule has 1 aromatic heterocycles. The Hall–Kier alpha value is -1.46. The molecule has 88 valence electrons. The molecule has 0 saturated heterocycles. The minimum atomic E-state index is -4.38. The summed E-state index contributed by atoms with van der Waals surface area (Å²) in [5.74, 6) is 0.0914. The predicted molar refractivity (Wildman–Crippen MR) is 54.9 cm³/mol. The van der Waals surface area contributed by atoms with E-state index in [0.29, 0.717) is 0 Å². The van der Waals surface area contributed by atoms with Gasteiger partial charge in [0.15, 0.2) is 0 Å². The highest BCUT2D eigenvalue weighted by molar-refractivity contribution is 5.48. The van der Waals surface area contributed by atoms with Crippen molar-refractivity contribution < 1.29 is 13.2 Å². The number of alkyl halides is 3. The first kappa shape index (κ1) is 11.0. The highest BCUT2D eigenvalue weighted by Crippen LogP contribution is 2.32. The molecule has 1 aliphatic carbocycles. The van der Waals surface area contributed by atoms with Crippen molar-refractivity contribution in [3.63, 3.8) is 0 Å². The van der Waals surface area contributed by atoms with Gasteiger partial charge in [-0.15, -0.1) is 0 Å². The van der Waals surface area contributed by atoms with Crippen molar-refractivity contribution in [1.82, 2.24) is 4.98 Å². The van der Waals surface area contributed by atoms with Crippen LogP contribution in [0.1, 0.15) is 24.8 Å². The molecule has 3 nitrogen and oxygen atoms in total. The zero-order chi connectivity index (χ0) is 11.8. The summed E-state index contributed by atoms with van der Waals surface area (Å²) in [5.41, 5.74) is 4.58. The Morgan fingerprint density at radius 1 is 1.31 bits per heavy atom. The first-order valence-corrected chi connectivity index (χ1v) is 5.06.